The molecule has 3 aromatic rings. The van der Waals surface area contributed by atoms with Crippen molar-refractivity contribution in [1.82, 2.24) is 0 Å². The molecule has 0 saturated carbocycles. The molecule has 0 aliphatic rings. The van der Waals surface area contributed by atoms with Gasteiger partial charge < -0.3 is 17.7 Å². The minimum atomic E-state index is -0.0310. The predicted octanol–water partition coefficient (Wildman–Crippen LogP) is -0.230. The van der Waals surface area contributed by atoms with Crippen molar-refractivity contribution in [3.63, 3.8) is 0 Å². The average molecular weight is 299 g/mol. The number of carbonyl (C=O) groups excluding carboxylic acids is 1. The van der Waals surface area contributed by atoms with E-state index in [0.29, 0.717) is 6.54 Å². The van der Waals surface area contributed by atoms with Gasteiger partial charge in [0.25, 0.3) is 5.91 Å². The molecular weight excluding hydrogens is 284 g/mol. The molecule has 0 aliphatic heterocycles. The van der Waals surface area contributed by atoms with E-state index in [9.17, 15) is 4.79 Å². The monoisotopic (exact) mass is 298 g/mol. The summed E-state index contributed by atoms with van der Waals surface area (Å²) in [5, 5.41) is 5.18. The molecule has 2 aromatic carbocycles. The van der Waals surface area contributed by atoms with Crippen molar-refractivity contribution < 1.29 is 21.8 Å². The van der Waals surface area contributed by atoms with Crippen molar-refractivity contribution in [1.29, 1.82) is 0 Å². The molecule has 1 N–H and O–H groups in total. The fourth-order valence-corrected chi connectivity index (χ4v) is 2.16. The largest absolute Gasteiger partial charge is 1.00 e. The van der Waals surface area contributed by atoms with E-state index in [1.54, 1.807) is 0 Å². The van der Waals surface area contributed by atoms with Crippen LogP contribution >= 0.6 is 0 Å². The second-order valence-corrected chi connectivity index (χ2v) is 4.66. The van der Waals surface area contributed by atoms with E-state index >= 15 is 0 Å². The van der Waals surface area contributed by atoms with Crippen LogP contribution < -0.4 is 22.3 Å². The van der Waals surface area contributed by atoms with Gasteiger partial charge >= 0.3 is 0 Å². The number of para-hydroxylation sites is 1. The molecule has 0 bridgehead atoms. The third-order valence-electron chi connectivity index (χ3n) is 3.13. The summed E-state index contributed by atoms with van der Waals surface area (Å²) in [5.41, 5.74) is 0.818. The lowest BCUT2D eigenvalue weighted by molar-refractivity contribution is -0.682. The summed E-state index contributed by atoms with van der Waals surface area (Å²) in [6, 6.07) is 19.6. The van der Waals surface area contributed by atoms with E-state index in [1.807, 2.05) is 71.6 Å². The van der Waals surface area contributed by atoms with Crippen LogP contribution in [0.3, 0.4) is 0 Å². The minimum Gasteiger partial charge on any atom is -1.00 e. The first-order chi connectivity index (χ1) is 9.81. The quantitative estimate of drug-likeness (QED) is 0.666. The number of amides is 1. The number of carbonyl (C=O) groups is 1. The van der Waals surface area contributed by atoms with Gasteiger partial charge in [0.2, 0.25) is 6.54 Å². The topological polar surface area (TPSA) is 33.0 Å². The molecule has 0 radical (unpaired) electrons. The Bertz CT molecular complexity index is 744. The first-order valence-corrected chi connectivity index (χ1v) is 6.54. The first-order valence-electron chi connectivity index (χ1n) is 6.54. The number of pyridine rings is 1. The Morgan fingerprint density at radius 3 is 2.33 bits per heavy atom. The summed E-state index contributed by atoms with van der Waals surface area (Å²) in [4.78, 5) is 12.0. The van der Waals surface area contributed by atoms with Gasteiger partial charge in [-0.25, -0.2) is 0 Å². The fraction of sp³-hybridized carbons (Fsp3) is 0.0588. The highest BCUT2D eigenvalue weighted by atomic mass is 35.5. The third-order valence-corrected chi connectivity index (χ3v) is 3.13. The summed E-state index contributed by atoms with van der Waals surface area (Å²) in [5.74, 6) is -0.0310. The number of hydrogen-bond acceptors (Lipinski definition) is 1. The van der Waals surface area contributed by atoms with E-state index < -0.39 is 0 Å². The lowest BCUT2D eigenvalue weighted by atomic mass is 10.2. The number of hydrogen-bond donors (Lipinski definition) is 1. The summed E-state index contributed by atoms with van der Waals surface area (Å²) in [6.45, 7) is 0.305. The summed E-state index contributed by atoms with van der Waals surface area (Å²) >= 11 is 0. The molecule has 1 aromatic heterocycles. The highest BCUT2D eigenvalue weighted by molar-refractivity contribution is 5.89. The zero-order valence-electron chi connectivity index (χ0n) is 11.4. The molecule has 0 saturated heterocycles. The number of rotatable bonds is 3. The number of aromatic nitrogens is 1. The molecule has 0 unspecified atom stereocenters. The van der Waals surface area contributed by atoms with Gasteiger partial charge in [0.1, 0.15) is 0 Å². The van der Waals surface area contributed by atoms with Gasteiger partial charge in [-0.1, -0.05) is 36.4 Å². The Kier molecular flexibility index (Phi) is 4.90. The number of anilines is 1. The van der Waals surface area contributed by atoms with Crippen molar-refractivity contribution in [3.8, 4) is 0 Å². The minimum absolute atomic E-state index is 0. The Balaban J connectivity index is 0.00000161. The summed E-state index contributed by atoms with van der Waals surface area (Å²) < 4.78 is 1.89. The third kappa shape index (κ3) is 3.80. The molecule has 4 heteroatoms. The van der Waals surface area contributed by atoms with Crippen LogP contribution in [0.25, 0.3) is 10.8 Å². The molecule has 106 valence electrons. The second kappa shape index (κ2) is 6.86. The summed E-state index contributed by atoms with van der Waals surface area (Å²) in [7, 11) is 0. The molecule has 3 rings (SSSR count). The van der Waals surface area contributed by atoms with Crippen molar-refractivity contribution in [3.05, 3.63) is 73.1 Å². The highest BCUT2D eigenvalue weighted by Crippen LogP contribution is 2.09. The molecule has 3 nitrogen and oxygen atoms in total. The molecule has 1 heterocycles. The van der Waals surface area contributed by atoms with Crippen LogP contribution in [0.5, 0.6) is 0 Å². The zero-order chi connectivity index (χ0) is 13.8. The standard InChI is InChI=1S/C17H14N2O.ClH/c20-17(18-16-8-2-1-3-9-16)13-19-11-10-14-6-4-5-7-15(14)12-19;/h1-12H,13H2;1H. The zero-order valence-corrected chi connectivity index (χ0v) is 12.1. The number of nitrogens with one attached hydrogen (secondary N) is 1. The van der Waals surface area contributed by atoms with Crippen LogP contribution in [0.15, 0.2) is 73.1 Å². The molecule has 0 aliphatic carbocycles. The lowest BCUT2D eigenvalue weighted by Crippen LogP contribution is -3.00. The van der Waals surface area contributed by atoms with Crippen LogP contribution in [0, 0.1) is 0 Å². The van der Waals surface area contributed by atoms with E-state index in [4.69, 9.17) is 0 Å². The van der Waals surface area contributed by atoms with Crippen molar-refractivity contribution in [2.75, 3.05) is 5.32 Å². The van der Waals surface area contributed by atoms with Crippen molar-refractivity contribution in [2.24, 2.45) is 0 Å². The van der Waals surface area contributed by atoms with Crippen LogP contribution in [0.4, 0.5) is 5.69 Å². The Morgan fingerprint density at radius 1 is 0.905 bits per heavy atom. The van der Waals surface area contributed by atoms with Crippen LogP contribution in [0.2, 0.25) is 0 Å². The van der Waals surface area contributed by atoms with Gasteiger partial charge in [-0.3, -0.25) is 4.79 Å². The number of benzene rings is 2. The second-order valence-electron chi connectivity index (χ2n) is 4.66. The smallest absolute Gasteiger partial charge is 0.290 e. The Hall–Kier alpha value is -2.39. The molecule has 21 heavy (non-hydrogen) atoms. The van der Waals surface area contributed by atoms with E-state index in [0.717, 1.165) is 11.1 Å². The lowest BCUT2D eigenvalue weighted by Gasteiger charge is -2.03. The molecule has 0 spiro atoms. The predicted molar refractivity (Wildman–Crippen MR) is 79.2 cm³/mol. The van der Waals surface area contributed by atoms with Crippen LogP contribution in [-0.4, -0.2) is 5.91 Å². The van der Waals surface area contributed by atoms with E-state index in [-0.39, 0.29) is 18.3 Å². The van der Waals surface area contributed by atoms with Gasteiger partial charge in [-0.05, 0) is 23.6 Å². The van der Waals surface area contributed by atoms with Gasteiger partial charge in [0, 0.05) is 17.1 Å². The fourth-order valence-electron chi connectivity index (χ4n) is 2.16. The van der Waals surface area contributed by atoms with Crippen LogP contribution in [0.1, 0.15) is 0 Å². The first kappa shape index (κ1) is 15.0. The molecule has 1 amide bonds. The van der Waals surface area contributed by atoms with Crippen molar-refractivity contribution in [2.45, 2.75) is 6.54 Å². The maximum Gasteiger partial charge on any atom is 0.290 e. The molecule has 0 fully saturated rings. The van der Waals surface area contributed by atoms with Crippen molar-refractivity contribution >= 4 is 22.4 Å². The summed E-state index contributed by atoms with van der Waals surface area (Å²) in [6.07, 6.45) is 3.91. The Morgan fingerprint density at radius 2 is 1.57 bits per heavy atom. The van der Waals surface area contributed by atoms with Gasteiger partial charge in [-0.15, -0.1) is 0 Å². The Labute approximate surface area is 129 Å². The maximum atomic E-state index is 12.0. The number of halogens is 1. The van der Waals surface area contributed by atoms with Crippen LogP contribution in [-0.2, 0) is 11.3 Å². The molecule has 0 atom stereocenters. The SMILES string of the molecule is O=C(C[n+]1ccc2ccccc2c1)Nc1ccccc1.[Cl-]. The normalized spacial score (nSPS) is 9.90. The molecular formula is C17H15ClN2O. The van der Waals surface area contributed by atoms with E-state index in [2.05, 4.69) is 11.4 Å². The maximum absolute atomic E-state index is 12.0. The van der Waals surface area contributed by atoms with Gasteiger partial charge in [0.05, 0.1) is 0 Å². The number of fused-ring (bicyclic) bond motifs is 1. The van der Waals surface area contributed by atoms with Gasteiger partial charge in [0.15, 0.2) is 12.4 Å². The average Bonchev–Trinajstić information content (AvgIpc) is 2.48. The highest BCUT2D eigenvalue weighted by Gasteiger charge is 2.10. The van der Waals surface area contributed by atoms with Gasteiger partial charge in [-0.2, -0.15) is 4.57 Å². The van der Waals surface area contributed by atoms with E-state index in [1.165, 1.54) is 5.39 Å². The number of nitrogens with zero attached hydrogens (tertiary/aromatic N) is 1.